The summed E-state index contributed by atoms with van der Waals surface area (Å²) in [4.78, 5) is 0. The fraction of sp³-hybridized carbons (Fsp3) is 0.600. The summed E-state index contributed by atoms with van der Waals surface area (Å²) in [6, 6.07) is 5.35. The standard InChI is InChI=1S/C15H24FNO/c1-4-17-15(8-9-18-5-2)11-13-10-14(16)7-6-12(13)3/h6-7,10,15,17H,4-5,8-9,11H2,1-3H3. The zero-order chi connectivity index (χ0) is 13.4. The molecule has 1 aromatic rings. The molecular formula is C15H24FNO. The molecule has 2 nitrogen and oxygen atoms in total. The minimum absolute atomic E-state index is 0.157. The molecule has 3 heteroatoms. The zero-order valence-electron chi connectivity index (χ0n) is 11.6. The molecule has 0 amide bonds. The molecule has 1 N–H and O–H groups in total. The number of rotatable bonds is 8. The highest BCUT2D eigenvalue weighted by molar-refractivity contribution is 5.27. The maximum absolute atomic E-state index is 13.2. The van der Waals surface area contributed by atoms with Crippen molar-refractivity contribution in [1.82, 2.24) is 5.32 Å². The summed E-state index contributed by atoms with van der Waals surface area (Å²) in [5.41, 5.74) is 2.23. The summed E-state index contributed by atoms with van der Waals surface area (Å²) in [5.74, 6) is -0.157. The van der Waals surface area contributed by atoms with Crippen molar-refractivity contribution < 1.29 is 9.13 Å². The Labute approximate surface area is 110 Å². The van der Waals surface area contributed by atoms with Gasteiger partial charge in [0.1, 0.15) is 5.82 Å². The van der Waals surface area contributed by atoms with Crippen LogP contribution in [0.4, 0.5) is 4.39 Å². The first kappa shape index (κ1) is 15.1. The van der Waals surface area contributed by atoms with E-state index >= 15 is 0 Å². The molecule has 0 heterocycles. The molecule has 0 aliphatic heterocycles. The van der Waals surface area contributed by atoms with Crippen molar-refractivity contribution in [2.24, 2.45) is 0 Å². The molecule has 1 unspecified atom stereocenters. The highest BCUT2D eigenvalue weighted by Gasteiger charge is 2.10. The third-order valence-corrected chi connectivity index (χ3v) is 3.09. The Hall–Kier alpha value is -0.930. The van der Waals surface area contributed by atoms with Crippen LogP contribution in [-0.4, -0.2) is 25.8 Å². The van der Waals surface area contributed by atoms with Crippen molar-refractivity contribution in [2.45, 2.75) is 39.7 Å². The van der Waals surface area contributed by atoms with Crippen LogP contribution in [0.15, 0.2) is 18.2 Å². The monoisotopic (exact) mass is 253 g/mol. The van der Waals surface area contributed by atoms with Crippen LogP contribution >= 0.6 is 0 Å². The van der Waals surface area contributed by atoms with Gasteiger partial charge in [-0.1, -0.05) is 13.0 Å². The van der Waals surface area contributed by atoms with Crippen molar-refractivity contribution in [3.63, 3.8) is 0 Å². The summed E-state index contributed by atoms with van der Waals surface area (Å²) in [5, 5.41) is 3.43. The summed E-state index contributed by atoms with van der Waals surface area (Å²) >= 11 is 0. The molecule has 0 radical (unpaired) electrons. The summed E-state index contributed by atoms with van der Waals surface area (Å²) in [7, 11) is 0. The molecule has 1 atom stereocenters. The van der Waals surface area contributed by atoms with Crippen LogP contribution in [0.2, 0.25) is 0 Å². The van der Waals surface area contributed by atoms with Gasteiger partial charge >= 0.3 is 0 Å². The minimum Gasteiger partial charge on any atom is -0.382 e. The molecule has 0 saturated heterocycles. The molecule has 1 rings (SSSR count). The average molecular weight is 253 g/mol. The van der Waals surface area contributed by atoms with Crippen LogP contribution in [0.5, 0.6) is 0 Å². The van der Waals surface area contributed by atoms with Crippen molar-refractivity contribution >= 4 is 0 Å². The van der Waals surface area contributed by atoms with Gasteiger partial charge in [0.05, 0.1) is 0 Å². The second-order valence-corrected chi connectivity index (χ2v) is 4.52. The van der Waals surface area contributed by atoms with Gasteiger partial charge in [0, 0.05) is 19.3 Å². The molecule has 0 aromatic heterocycles. The zero-order valence-corrected chi connectivity index (χ0v) is 11.6. The quantitative estimate of drug-likeness (QED) is 0.719. The van der Waals surface area contributed by atoms with Crippen LogP contribution in [0.3, 0.4) is 0 Å². The smallest absolute Gasteiger partial charge is 0.123 e. The van der Waals surface area contributed by atoms with Crippen LogP contribution in [-0.2, 0) is 11.2 Å². The lowest BCUT2D eigenvalue weighted by Crippen LogP contribution is -2.32. The molecule has 0 aliphatic carbocycles. The van der Waals surface area contributed by atoms with Gasteiger partial charge in [0.25, 0.3) is 0 Å². The third-order valence-electron chi connectivity index (χ3n) is 3.09. The first-order valence-corrected chi connectivity index (χ1v) is 6.73. The maximum Gasteiger partial charge on any atom is 0.123 e. The van der Waals surface area contributed by atoms with E-state index in [0.29, 0.717) is 6.04 Å². The predicted octanol–water partition coefficient (Wildman–Crippen LogP) is 3.08. The van der Waals surface area contributed by atoms with E-state index in [2.05, 4.69) is 12.2 Å². The number of halogens is 1. The van der Waals surface area contributed by atoms with Gasteiger partial charge < -0.3 is 10.1 Å². The van der Waals surface area contributed by atoms with Gasteiger partial charge in [-0.15, -0.1) is 0 Å². The first-order chi connectivity index (χ1) is 8.67. The number of nitrogens with one attached hydrogen (secondary N) is 1. The molecule has 0 bridgehead atoms. The summed E-state index contributed by atoms with van der Waals surface area (Å²) in [6.45, 7) is 8.54. The van der Waals surface area contributed by atoms with Crippen LogP contribution < -0.4 is 5.32 Å². The van der Waals surface area contributed by atoms with E-state index in [9.17, 15) is 4.39 Å². The highest BCUT2D eigenvalue weighted by atomic mass is 19.1. The Morgan fingerprint density at radius 3 is 2.78 bits per heavy atom. The molecule has 102 valence electrons. The van der Waals surface area contributed by atoms with Gasteiger partial charge in [-0.2, -0.15) is 0 Å². The van der Waals surface area contributed by atoms with E-state index in [1.54, 1.807) is 6.07 Å². The van der Waals surface area contributed by atoms with Crippen molar-refractivity contribution in [2.75, 3.05) is 19.8 Å². The third kappa shape index (κ3) is 5.15. The Kier molecular flexibility index (Phi) is 6.91. The molecule has 1 aromatic carbocycles. The lowest BCUT2D eigenvalue weighted by Gasteiger charge is -2.19. The van der Waals surface area contributed by atoms with Gasteiger partial charge in [-0.05, 0) is 56.5 Å². The highest BCUT2D eigenvalue weighted by Crippen LogP contribution is 2.13. The summed E-state index contributed by atoms with van der Waals surface area (Å²) in [6.07, 6.45) is 1.81. The Morgan fingerprint density at radius 1 is 1.33 bits per heavy atom. The Balaban J connectivity index is 2.60. The molecule has 0 fully saturated rings. The van der Waals surface area contributed by atoms with E-state index in [1.165, 1.54) is 6.07 Å². The Morgan fingerprint density at radius 2 is 2.11 bits per heavy atom. The SMILES string of the molecule is CCNC(CCOCC)Cc1cc(F)ccc1C. The normalized spacial score (nSPS) is 12.7. The fourth-order valence-electron chi connectivity index (χ4n) is 2.06. The molecule has 0 saturated carbocycles. The Bertz CT molecular complexity index is 354. The summed E-state index contributed by atoms with van der Waals surface area (Å²) < 4.78 is 18.6. The maximum atomic E-state index is 13.2. The molecule has 0 spiro atoms. The average Bonchev–Trinajstić information content (AvgIpc) is 2.34. The van der Waals surface area contributed by atoms with E-state index < -0.39 is 0 Å². The molecular weight excluding hydrogens is 229 g/mol. The first-order valence-electron chi connectivity index (χ1n) is 6.73. The van der Waals surface area contributed by atoms with Crippen LogP contribution in [0, 0.1) is 12.7 Å². The van der Waals surface area contributed by atoms with Gasteiger partial charge in [-0.25, -0.2) is 4.39 Å². The fourth-order valence-corrected chi connectivity index (χ4v) is 2.06. The van der Waals surface area contributed by atoms with Gasteiger partial charge in [0.15, 0.2) is 0 Å². The van der Waals surface area contributed by atoms with E-state index in [0.717, 1.165) is 43.7 Å². The number of benzene rings is 1. The number of aryl methyl sites for hydroxylation is 1. The molecule has 0 aliphatic rings. The van der Waals surface area contributed by atoms with Crippen LogP contribution in [0.25, 0.3) is 0 Å². The van der Waals surface area contributed by atoms with E-state index in [1.807, 2.05) is 19.9 Å². The molecule has 18 heavy (non-hydrogen) atoms. The van der Waals surface area contributed by atoms with Crippen molar-refractivity contribution in [3.05, 3.63) is 35.1 Å². The van der Waals surface area contributed by atoms with Gasteiger partial charge in [-0.3, -0.25) is 0 Å². The predicted molar refractivity (Wildman–Crippen MR) is 73.4 cm³/mol. The second kappa shape index (κ2) is 8.22. The second-order valence-electron chi connectivity index (χ2n) is 4.52. The topological polar surface area (TPSA) is 21.3 Å². The lowest BCUT2D eigenvalue weighted by molar-refractivity contribution is 0.136. The van der Waals surface area contributed by atoms with E-state index in [4.69, 9.17) is 4.74 Å². The minimum atomic E-state index is -0.157. The number of ether oxygens (including phenoxy) is 1. The number of hydrogen-bond acceptors (Lipinski definition) is 2. The van der Waals surface area contributed by atoms with E-state index in [-0.39, 0.29) is 5.82 Å². The lowest BCUT2D eigenvalue weighted by atomic mass is 9.99. The largest absolute Gasteiger partial charge is 0.382 e. The van der Waals surface area contributed by atoms with Crippen LogP contribution in [0.1, 0.15) is 31.4 Å². The number of likely N-dealkylation sites (N-methyl/N-ethyl adjacent to an activating group) is 1. The van der Waals surface area contributed by atoms with Crippen molar-refractivity contribution in [1.29, 1.82) is 0 Å². The van der Waals surface area contributed by atoms with Gasteiger partial charge in [0.2, 0.25) is 0 Å². The number of hydrogen-bond donors (Lipinski definition) is 1. The van der Waals surface area contributed by atoms with Crippen molar-refractivity contribution in [3.8, 4) is 0 Å².